The predicted octanol–water partition coefficient (Wildman–Crippen LogP) is 5.04. The quantitative estimate of drug-likeness (QED) is 0.345. The Bertz CT molecular complexity index is 1150. The van der Waals surface area contributed by atoms with Crippen molar-refractivity contribution in [3.8, 4) is 17.2 Å². The van der Waals surface area contributed by atoms with Crippen molar-refractivity contribution in [2.75, 3.05) is 11.9 Å². The molecule has 0 heterocycles. The summed E-state index contributed by atoms with van der Waals surface area (Å²) in [7, 11) is 0. The van der Waals surface area contributed by atoms with E-state index < -0.39 is 18.0 Å². The lowest BCUT2D eigenvalue weighted by molar-refractivity contribution is -0.152. The van der Waals surface area contributed by atoms with Crippen molar-refractivity contribution in [3.05, 3.63) is 81.9 Å². The smallest absolute Gasteiger partial charge is 0.397 e. The van der Waals surface area contributed by atoms with Crippen LogP contribution >= 0.6 is 11.6 Å². The van der Waals surface area contributed by atoms with Crippen LogP contribution in [0.3, 0.4) is 0 Å². The van der Waals surface area contributed by atoms with Gasteiger partial charge in [-0.1, -0.05) is 23.7 Å². The van der Waals surface area contributed by atoms with E-state index in [0.29, 0.717) is 44.5 Å². The fourth-order valence-corrected chi connectivity index (χ4v) is 3.47. The number of phenolic OH excluding ortho intramolecular Hbond substituents is 1. The van der Waals surface area contributed by atoms with Crippen LogP contribution in [0.1, 0.15) is 35.3 Å². The van der Waals surface area contributed by atoms with Gasteiger partial charge in [-0.3, -0.25) is 4.79 Å². The molecule has 0 aliphatic rings. The zero-order valence-electron chi connectivity index (χ0n) is 18.4. The standard InChI is InChI=1S/C25H24ClNO6/c1-4-32-25(31)24(30)27-18-11-14(2)23(15(3)12-18)33-21-10-9-19(28)13-20(21)22(29)16-5-7-17(26)8-6-16/h5-13,22,28-29H,4H2,1-3H3,(H,27,30). The van der Waals surface area contributed by atoms with E-state index in [1.54, 1.807) is 63.2 Å². The number of carbonyl (C=O) groups excluding carboxylic acids is 2. The van der Waals surface area contributed by atoms with Gasteiger partial charge in [0.05, 0.1) is 6.61 Å². The summed E-state index contributed by atoms with van der Waals surface area (Å²) in [5.74, 6) is -0.978. The van der Waals surface area contributed by atoms with E-state index in [1.165, 1.54) is 12.1 Å². The van der Waals surface area contributed by atoms with Gasteiger partial charge in [-0.25, -0.2) is 4.79 Å². The van der Waals surface area contributed by atoms with Crippen molar-refractivity contribution in [2.45, 2.75) is 26.9 Å². The molecule has 0 spiro atoms. The third-order valence-electron chi connectivity index (χ3n) is 4.86. The van der Waals surface area contributed by atoms with E-state index in [0.717, 1.165) is 0 Å². The largest absolute Gasteiger partial charge is 0.508 e. The fraction of sp³-hybridized carbons (Fsp3) is 0.200. The molecule has 0 saturated carbocycles. The molecule has 0 aliphatic heterocycles. The van der Waals surface area contributed by atoms with Crippen molar-refractivity contribution in [1.82, 2.24) is 0 Å². The van der Waals surface area contributed by atoms with E-state index in [4.69, 9.17) is 21.1 Å². The second kappa shape index (κ2) is 10.4. The SMILES string of the molecule is CCOC(=O)C(=O)Nc1cc(C)c(Oc2ccc(O)cc2C(O)c2ccc(Cl)cc2)c(C)c1. The molecule has 3 aromatic carbocycles. The third-order valence-corrected chi connectivity index (χ3v) is 5.12. The summed E-state index contributed by atoms with van der Waals surface area (Å²) >= 11 is 5.94. The second-order valence-electron chi connectivity index (χ2n) is 7.39. The van der Waals surface area contributed by atoms with E-state index in [9.17, 15) is 19.8 Å². The first-order chi connectivity index (χ1) is 15.7. The van der Waals surface area contributed by atoms with Gasteiger partial charge in [0.25, 0.3) is 0 Å². The average molecular weight is 470 g/mol. The molecular formula is C25H24ClNO6. The van der Waals surface area contributed by atoms with Gasteiger partial charge < -0.3 is 25.0 Å². The number of ether oxygens (including phenoxy) is 2. The van der Waals surface area contributed by atoms with Gasteiger partial charge in [-0.2, -0.15) is 0 Å². The number of aliphatic hydroxyl groups is 1. The first kappa shape index (κ1) is 24.1. The Balaban J connectivity index is 1.90. The van der Waals surface area contributed by atoms with Gasteiger partial charge in [0.2, 0.25) is 0 Å². The van der Waals surface area contributed by atoms with Gasteiger partial charge in [-0.15, -0.1) is 0 Å². The summed E-state index contributed by atoms with van der Waals surface area (Å²) in [6.07, 6.45) is -1.06. The summed E-state index contributed by atoms with van der Waals surface area (Å²) in [6.45, 7) is 5.30. The van der Waals surface area contributed by atoms with Crippen LogP contribution in [0.2, 0.25) is 5.02 Å². The lowest BCUT2D eigenvalue weighted by Crippen LogP contribution is -2.25. The van der Waals surface area contributed by atoms with Crippen molar-refractivity contribution < 1.29 is 29.3 Å². The number of hydrogen-bond acceptors (Lipinski definition) is 6. The molecule has 8 heteroatoms. The molecule has 33 heavy (non-hydrogen) atoms. The Hall–Kier alpha value is -3.55. The number of halogens is 1. The van der Waals surface area contributed by atoms with Gasteiger partial charge in [0, 0.05) is 16.3 Å². The summed E-state index contributed by atoms with van der Waals surface area (Å²) in [5, 5.41) is 24.0. The van der Waals surface area contributed by atoms with Gasteiger partial charge >= 0.3 is 11.9 Å². The molecule has 1 atom stereocenters. The van der Waals surface area contributed by atoms with Crippen molar-refractivity contribution >= 4 is 29.2 Å². The number of aromatic hydroxyl groups is 1. The number of benzene rings is 3. The number of esters is 1. The molecule has 3 rings (SSSR count). The lowest BCUT2D eigenvalue weighted by atomic mass is 10.00. The van der Waals surface area contributed by atoms with E-state index in [-0.39, 0.29) is 12.4 Å². The monoisotopic (exact) mass is 469 g/mol. The minimum atomic E-state index is -1.06. The Morgan fingerprint density at radius 2 is 1.67 bits per heavy atom. The maximum Gasteiger partial charge on any atom is 0.397 e. The Kier molecular flexibility index (Phi) is 7.58. The Morgan fingerprint density at radius 3 is 2.27 bits per heavy atom. The van der Waals surface area contributed by atoms with E-state index >= 15 is 0 Å². The molecule has 3 aromatic rings. The van der Waals surface area contributed by atoms with Gasteiger partial charge in [0.1, 0.15) is 23.4 Å². The number of aryl methyl sites for hydroxylation is 2. The highest BCUT2D eigenvalue weighted by Gasteiger charge is 2.20. The minimum Gasteiger partial charge on any atom is -0.508 e. The van der Waals surface area contributed by atoms with Crippen LogP contribution < -0.4 is 10.1 Å². The van der Waals surface area contributed by atoms with Crippen LogP contribution in [-0.2, 0) is 14.3 Å². The molecule has 0 bridgehead atoms. The maximum atomic E-state index is 11.9. The number of rotatable bonds is 6. The Labute approximate surface area is 196 Å². The molecule has 0 radical (unpaired) electrons. The number of aliphatic hydroxyl groups excluding tert-OH is 1. The molecule has 0 fully saturated rings. The number of hydrogen-bond donors (Lipinski definition) is 3. The van der Waals surface area contributed by atoms with Crippen LogP contribution in [-0.4, -0.2) is 28.7 Å². The number of anilines is 1. The fourth-order valence-electron chi connectivity index (χ4n) is 3.34. The molecule has 0 aromatic heterocycles. The topological polar surface area (TPSA) is 105 Å². The van der Waals surface area contributed by atoms with Gasteiger partial charge in [-0.05, 0) is 79.9 Å². The third kappa shape index (κ3) is 5.83. The lowest BCUT2D eigenvalue weighted by Gasteiger charge is -2.19. The molecule has 0 saturated heterocycles. The normalized spacial score (nSPS) is 11.5. The summed E-state index contributed by atoms with van der Waals surface area (Å²) in [4.78, 5) is 23.5. The molecule has 172 valence electrons. The highest BCUT2D eigenvalue weighted by atomic mass is 35.5. The summed E-state index contributed by atoms with van der Waals surface area (Å²) < 4.78 is 10.8. The van der Waals surface area contributed by atoms with Crippen LogP contribution in [0, 0.1) is 13.8 Å². The summed E-state index contributed by atoms with van der Waals surface area (Å²) in [5.41, 5.74) is 2.75. The van der Waals surface area contributed by atoms with E-state index in [1.807, 2.05) is 0 Å². The molecular weight excluding hydrogens is 446 g/mol. The molecule has 1 unspecified atom stereocenters. The number of amides is 1. The first-order valence-electron chi connectivity index (χ1n) is 10.2. The van der Waals surface area contributed by atoms with Crippen molar-refractivity contribution in [1.29, 1.82) is 0 Å². The minimum absolute atomic E-state index is 0.0177. The Morgan fingerprint density at radius 1 is 1.03 bits per heavy atom. The zero-order valence-corrected chi connectivity index (χ0v) is 19.1. The number of phenols is 1. The van der Waals surface area contributed by atoms with Crippen LogP contribution in [0.4, 0.5) is 5.69 Å². The highest BCUT2D eigenvalue weighted by molar-refractivity contribution is 6.37. The first-order valence-corrected chi connectivity index (χ1v) is 10.6. The molecule has 1 amide bonds. The second-order valence-corrected chi connectivity index (χ2v) is 7.83. The average Bonchev–Trinajstić information content (AvgIpc) is 2.77. The van der Waals surface area contributed by atoms with Crippen molar-refractivity contribution in [3.63, 3.8) is 0 Å². The maximum absolute atomic E-state index is 11.9. The van der Waals surface area contributed by atoms with E-state index in [2.05, 4.69) is 5.32 Å². The molecule has 7 nitrogen and oxygen atoms in total. The van der Waals surface area contributed by atoms with Crippen LogP contribution in [0.5, 0.6) is 17.2 Å². The highest BCUT2D eigenvalue weighted by Crippen LogP contribution is 2.38. The predicted molar refractivity (Wildman–Crippen MR) is 125 cm³/mol. The molecule has 3 N–H and O–H groups in total. The molecule has 0 aliphatic carbocycles. The number of carbonyl (C=O) groups is 2. The summed E-state index contributed by atoms with van der Waals surface area (Å²) in [6, 6.07) is 14.5. The van der Waals surface area contributed by atoms with Gasteiger partial charge in [0.15, 0.2) is 0 Å². The van der Waals surface area contributed by atoms with Crippen LogP contribution in [0.15, 0.2) is 54.6 Å². The van der Waals surface area contributed by atoms with Crippen molar-refractivity contribution in [2.24, 2.45) is 0 Å². The number of nitrogens with one attached hydrogen (secondary N) is 1. The zero-order chi connectivity index (χ0) is 24.1. The van der Waals surface area contributed by atoms with Crippen LogP contribution in [0.25, 0.3) is 0 Å².